The molecule has 0 saturated heterocycles. The highest BCUT2D eigenvalue weighted by Gasteiger charge is 2.29. The van der Waals surface area contributed by atoms with Crippen LogP contribution in [-0.2, 0) is 16.1 Å². The highest BCUT2D eigenvalue weighted by molar-refractivity contribution is 6.30. The fourth-order valence-electron chi connectivity index (χ4n) is 3.24. The zero-order valence-corrected chi connectivity index (χ0v) is 17.4. The van der Waals surface area contributed by atoms with Crippen LogP contribution in [0, 0.1) is 19.8 Å². The summed E-state index contributed by atoms with van der Waals surface area (Å²) in [7, 11) is 1.32. The molecule has 1 aromatic heterocycles. The van der Waals surface area contributed by atoms with Gasteiger partial charge in [0, 0.05) is 24.3 Å². The van der Waals surface area contributed by atoms with E-state index in [2.05, 4.69) is 0 Å². The van der Waals surface area contributed by atoms with Crippen LogP contribution in [0.15, 0.2) is 0 Å². The summed E-state index contributed by atoms with van der Waals surface area (Å²) in [6.45, 7) is 11.9. The van der Waals surface area contributed by atoms with Gasteiger partial charge in [0.1, 0.15) is 11.1 Å². The van der Waals surface area contributed by atoms with Crippen LogP contribution in [0.25, 0.3) is 0 Å². The van der Waals surface area contributed by atoms with Crippen molar-refractivity contribution in [3.63, 3.8) is 0 Å². The van der Waals surface area contributed by atoms with Gasteiger partial charge in [0.2, 0.25) is 5.91 Å². The summed E-state index contributed by atoms with van der Waals surface area (Å²) in [4.78, 5) is 39.0. The zero-order valence-electron chi connectivity index (χ0n) is 16.7. The number of amides is 1. The number of esters is 1. The highest BCUT2D eigenvalue weighted by atomic mass is 35.5. The number of nitrogens with zero attached hydrogens (tertiary/aromatic N) is 2. The van der Waals surface area contributed by atoms with Crippen LogP contribution in [0.2, 0.25) is 0 Å². The minimum absolute atomic E-state index is 0.0654. The van der Waals surface area contributed by atoms with Crippen LogP contribution >= 0.6 is 11.6 Å². The molecule has 0 spiro atoms. The molecule has 1 atom stereocenters. The maximum absolute atomic E-state index is 13.0. The predicted molar refractivity (Wildman–Crippen MR) is 102 cm³/mol. The molecule has 1 heterocycles. The number of hydrogen-bond donors (Lipinski definition) is 0. The first-order chi connectivity index (χ1) is 12.1. The van der Waals surface area contributed by atoms with Gasteiger partial charge in [-0.25, -0.2) is 4.79 Å². The van der Waals surface area contributed by atoms with Crippen LogP contribution in [-0.4, -0.2) is 52.7 Å². The quantitative estimate of drug-likeness (QED) is 0.392. The second-order valence-electron chi connectivity index (χ2n) is 6.82. The number of aromatic nitrogens is 1. The second kappa shape index (κ2) is 9.21. The zero-order chi connectivity index (χ0) is 20.2. The van der Waals surface area contributed by atoms with Crippen molar-refractivity contribution in [1.29, 1.82) is 0 Å². The summed E-state index contributed by atoms with van der Waals surface area (Å²) in [5.41, 5.74) is 2.13. The molecule has 0 bridgehead atoms. The highest BCUT2D eigenvalue weighted by Crippen LogP contribution is 2.24. The summed E-state index contributed by atoms with van der Waals surface area (Å²) in [6.07, 6.45) is 0. The fraction of sp³-hybridized carbons (Fsp3) is 0.632. The average molecular weight is 385 g/mol. The second-order valence-corrected chi connectivity index (χ2v) is 7.48. The third-order valence-electron chi connectivity index (χ3n) is 4.31. The molecule has 0 unspecified atom stereocenters. The lowest BCUT2D eigenvalue weighted by Gasteiger charge is -2.25. The molecule has 0 aliphatic heterocycles. The lowest BCUT2D eigenvalue weighted by atomic mass is 10.0. The van der Waals surface area contributed by atoms with Crippen LogP contribution < -0.4 is 0 Å². The Morgan fingerprint density at radius 2 is 1.77 bits per heavy atom. The van der Waals surface area contributed by atoms with Crippen molar-refractivity contribution >= 4 is 29.3 Å². The van der Waals surface area contributed by atoms with E-state index in [1.54, 1.807) is 25.3 Å². The number of Topliss-reactive ketones (excluding diaryl/α,β-unsaturated/α-hetero) is 1. The molecule has 1 rings (SSSR count). The monoisotopic (exact) mass is 384 g/mol. The Morgan fingerprint density at radius 1 is 1.19 bits per heavy atom. The number of alkyl halides is 1. The average Bonchev–Trinajstić information content (AvgIpc) is 2.82. The minimum atomic E-state index is -0.699. The van der Waals surface area contributed by atoms with Gasteiger partial charge < -0.3 is 14.2 Å². The molecular formula is C19H29ClN2O4. The molecule has 146 valence electrons. The first-order valence-electron chi connectivity index (χ1n) is 8.80. The molecule has 0 saturated carbocycles. The van der Waals surface area contributed by atoms with Crippen LogP contribution in [0.5, 0.6) is 0 Å². The maximum atomic E-state index is 13.0. The summed E-state index contributed by atoms with van der Waals surface area (Å²) < 4.78 is 6.63. The van der Waals surface area contributed by atoms with Crippen LogP contribution in [0.3, 0.4) is 0 Å². The lowest BCUT2D eigenvalue weighted by Crippen LogP contribution is -2.41. The Labute approximate surface area is 160 Å². The number of ketones is 1. The third kappa shape index (κ3) is 4.67. The van der Waals surface area contributed by atoms with E-state index < -0.39 is 11.3 Å². The summed E-state index contributed by atoms with van der Waals surface area (Å²) in [5.74, 6) is -0.748. The third-order valence-corrected chi connectivity index (χ3v) is 4.50. The van der Waals surface area contributed by atoms with Gasteiger partial charge in [-0.2, -0.15) is 0 Å². The molecule has 0 aromatic carbocycles. The van der Waals surface area contributed by atoms with Gasteiger partial charge in [0.05, 0.1) is 13.7 Å². The summed E-state index contributed by atoms with van der Waals surface area (Å²) in [5, 5.41) is -0.699. The Balaban J connectivity index is 3.29. The van der Waals surface area contributed by atoms with E-state index in [4.69, 9.17) is 16.3 Å². The molecule has 1 aromatic rings. The fourth-order valence-corrected chi connectivity index (χ4v) is 3.38. The van der Waals surface area contributed by atoms with Crippen molar-refractivity contribution in [2.24, 2.45) is 5.92 Å². The van der Waals surface area contributed by atoms with Crippen LogP contribution in [0.1, 0.15) is 59.8 Å². The molecule has 0 N–H and O–H groups in total. The summed E-state index contributed by atoms with van der Waals surface area (Å²) in [6, 6.07) is 0. The molecule has 0 fully saturated rings. The Hall–Kier alpha value is -1.82. The number of carbonyl (C=O) groups is 3. The molecule has 7 heteroatoms. The number of halogens is 1. The largest absolute Gasteiger partial charge is 0.464 e. The molecule has 0 aliphatic rings. The van der Waals surface area contributed by atoms with E-state index in [0.29, 0.717) is 35.6 Å². The first kappa shape index (κ1) is 22.2. The molecule has 26 heavy (non-hydrogen) atoms. The maximum Gasteiger partial charge on any atom is 0.354 e. The standard InChI is InChI=1S/C19H29ClN2O4/c1-8-22-14(6)16(12(4)17(22)19(25)26-7)15(23)10-21(9-11(2)3)18(24)13(5)20/h11,13H,8-10H2,1-7H3/t13-/m0/s1. The van der Waals surface area contributed by atoms with Gasteiger partial charge in [-0.05, 0) is 39.2 Å². The van der Waals surface area contributed by atoms with E-state index in [0.717, 1.165) is 0 Å². The van der Waals surface area contributed by atoms with Gasteiger partial charge in [0.25, 0.3) is 0 Å². The molecule has 0 radical (unpaired) electrons. The van der Waals surface area contributed by atoms with E-state index >= 15 is 0 Å². The topological polar surface area (TPSA) is 68.6 Å². The summed E-state index contributed by atoms with van der Waals surface area (Å²) >= 11 is 5.94. The van der Waals surface area contributed by atoms with Gasteiger partial charge >= 0.3 is 5.97 Å². The van der Waals surface area contributed by atoms with Gasteiger partial charge in [0.15, 0.2) is 5.78 Å². The van der Waals surface area contributed by atoms with E-state index in [9.17, 15) is 14.4 Å². The number of carbonyl (C=O) groups excluding carboxylic acids is 3. The smallest absolute Gasteiger partial charge is 0.354 e. The van der Waals surface area contributed by atoms with E-state index in [1.807, 2.05) is 20.8 Å². The number of methoxy groups -OCH3 is 1. The van der Waals surface area contributed by atoms with Crippen molar-refractivity contribution in [2.75, 3.05) is 20.2 Å². The van der Waals surface area contributed by atoms with Crippen LogP contribution in [0.4, 0.5) is 0 Å². The lowest BCUT2D eigenvalue weighted by molar-refractivity contribution is -0.130. The van der Waals surface area contributed by atoms with Gasteiger partial charge in [-0.3, -0.25) is 9.59 Å². The van der Waals surface area contributed by atoms with E-state index in [-0.39, 0.29) is 24.2 Å². The molecule has 6 nitrogen and oxygen atoms in total. The number of rotatable bonds is 8. The Kier molecular flexibility index (Phi) is 7.87. The van der Waals surface area contributed by atoms with Crippen molar-refractivity contribution < 1.29 is 19.1 Å². The van der Waals surface area contributed by atoms with Crippen molar-refractivity contribution in [1.82, 2.24) is 9.47 Å². The van der Waals surface area contributed by atoms with Gasteiger partial charge in [-0.15, -0.1) is 11.6 Å². The number of hydrogen-bond acceptors (Lipinski definition) is 4. The normalized spacial score (nSPS) is 12.2. The van der Waals surface area contributed by atoms with Crippen molar-refractivity contribution in [3.8, 4) is 0 Å². The molecule has 1 amide bonds. The van der Waals surface area contributed by atoms with E-state index in [1.165, 1.54) is 12.0 Å². The van der Waals surface area contributed by atoms with Crippen molar-refractivity contribution in [2.45, 2.75) is 53.5 Å². The molecule has 0 aliphatic carbocycles. The van der Waals surface area contributed by atoms with Gasteiger partial charge in [-0.1, -0.05) is 13.8 Å². The Morgan fingerprint density at radius 3 is 2.19 bits per heavy atom. The SMILES string of the molecule is CCn1c(C)c(C(=O)CN(CC(C)C)C(=O)[C@H](C)Cl)c(C)c1C(=O)OC. The number of ether oxygens (including phenoxy) is 1. The predicted octanol–water partition coefficient (Wildman–Crippen LogP) is 3.21. The Bertz CT molecular complexity index is 692. The first-order valence-corrected chi connectivity index (χ1v) is 9.24. The molecular weight excluding hydrogens is 356 g/mol. The minimum Gasteiger partial charge on any atom is -0.464 e. The van der Waals surface area contributed by atoms with Crippen molar-refractivity contribution in [3.05, 3.63) is 22.5 Å².